The molecule has 0 aliphatic rings. The number of hydrogen-bond donors (Lipinski definition) is 1. The maximum atomic E-state index is 13.1. The van der Waals surface area contributed by atoms with Gasteiger partial charge in [0.1, 0.15) is 24.2 Å². The predicted molar refractivity (Wildman–Crippen MR) is 90.6 cm³/mol. The van der Waals surface area contributed by atoms with E-state index < -0.39 is 0 Å². The van der Waals surface area contributed by atoms with E-state index >= 15 is 0 Å². The molecule has 0 bridgehead atoms. The van der Waals surface area contributed by atoms with Crippen molar-refractivity contribution in [2.45, 2.75) is 0 Å². The van der Waals surface area contributed by atoms with Crippen LogP contribution in [0.15, 0.2) is 61.2 Å². The van der Waals surface area contributed by atoms with Gasteiger partial charge in [0.15, 0.2) is 16.7 Å². The van der Waals surface area contributed by atoms with E-state index in [-0.39, 0.29) is 11.3 Å². The fourth-order valence-electron chi connectivity index (χ4n) is 2.65. The topological polar surface area (TPSA) is 68.7 Å². The van der Waals surface area contributed by atoms with Crippen molar-refractivity contribution < 1.29 is 9.13 Å². The zero-order chi connectivity index (χ0) is 17.4. The molecule has 1 N–H and O–H groups in total. The van der Waals surface area contributed by atoms with Crippen molar-refractivity contribution in [1.29, 1.82) is 5.41 Å². The maximum Gasteiger partial charge on any atom is 0.169 e. The number of fused-ring (bicyclic) bond motifs is 1. The smallest absolute Gasteiger partial charge is 0.169 e. The van der Waals surface area contributed by atoms with Gasteiger partial charge in [-0.25, -0.2) is 14.4 Å². The number of ether oxygens (including phenoxy) is 1. The SMILES string of the molecule is COc1ccc(-n2cnc3c(=N)n(-c4ccc(F)cc4)cnc32)cc1. The number of aromatic nitrogens is 4. The molecule has 4 rings (SSSR count). The van der Waals surface area contributed by atoms with E-state index in [2.05, 4.69) is 9.97 Å². The van der Waals surface area contributed by atoms with Crippen molar-refractivity contribution >= 4 is 11.2 Å². The third-order valence-corrected chi connectivity index (χ3v) is 3.96. The molecule has 0 atom stereocenters. The Morgan fingerprint density at radius 3 is 2.16 bits per heavy atom. The first-order chi connectivity index (χ1) is 12.2. The van der Waals surface area contributed by atoms with Crippen molar-refractivity contribution in [3.05, 3.63) is 72.5 Å². The van der Waals surface area contributed by atoms with E-state index in [0.717, 1.165) is 11.4 Å². The van der Waals surface area contributed by atoms with Crippen molar-refractivity contribution in [3.63, 3.8) is 0 Å². The fraction of sp³-hybridized carbons (Fsp3) is 0.0556. The summed E-state index contributed by atoms with van der Waals surface area (Å²) in [5, 5.41) is 8.40. The molecule has 0 saturated carbocycles. The molecular formula is C18H14FN5O. The van der Waals surface area contributed by atoms with Gasteiger partial charge in [-0.3, -0.25) is 14.5 Å². The van der Waals surface area contributed by atoms with Crippen LogP contribution in [0.2, 0.25) is 0 Å². The molecule has 0 aliphatic carbocycles. The molecule has 7 heteroatoms. The lowest BCUT2D eigenvalue weighted by Crippen LogP contribution is -2.19. The molecule has 25 heavy (non-hydrogen) atoms. The van der Waals surface area contributed by atoms with Crippen molar-refractivity contribution in [2.75, 3.05) is 7.11 Å². The van der Waals surface area contributed by atoms with E-state index in [0.29, 0.717) is 16.9 Å². The average molecular weight is 335 g/mol. The number of imidazole rings is 1. The Morgan fingerprint density at radius 2 is 1.48 bits per heavy atom. The minimum Gasteiger partial charge on any atom is -0.497 e. The summed E-state index contributed by atoms with van der Waals surface area (Å²) in [7, 11) is 1.61. The number of rotatable bonds is 3. The summed E-state index contributed by atoms with van der Waals surface area (Å²) in [6, 6.07) is 13.4. The summed E-state index contributed by atoms with van der Waals surface area (Å²) in [6.45, 7) is 0. The van der Waals surface area contributed by atoms with Crippen LogP contribution in [0.1, 0.15) is 0 Å². The first-order valence-corrected chi connectivity index (χ1v) is 7.57. The highest BCUT2D eigenvalue weighted by Crippen LogP contribution is 2.18. The Hall–Kier alpha value is -3.48. The maximum absolute atomic E-state index is 13.1. The molecular weight excluding hydrogens is 321 g/mol. The highest BCUT2D eigenvalue weighted by molar-refractivity contribution is 5.71. The third kappa shape index (κ3) is 2.55. The lowest BCUT2D eigenvalue weighted by Gasteiger charge is -2.08. The van der Waals surface area contributed by atoms with Crippen LogP contribution in [0, 0.1) is 11.2 Å². The van der Waals surface area contributed by atoms with Gasteiger partial charge in [0.2, 0.25) is 0 Å². The number of benzene rings is 2. The molecule has 0 aliphatic heterocycles. The van der Waals surface area contributed by atoms with Gasteiger partial charge in [-0.05, 0) is 48.5 Å². The first kappa shape index (κ1) is 15.1. The van der Waals surface area contributed by atoms with Gasteiger partial charge in [0.05, 0.1) is 7.11 Å². The summed E-state index contributed by atoms with van der Waals surface area (Å²) in [5.74, 6) is 0.435. The Bertz CT molecular complexity index is 1100. The Morgan fingerprint density at radius 1 is 0.880 bits per heavy atom. The van der Waals surface area contributed by atoms with E-state index in [1.165, 1.54) is 12.1 Å². The molecule has 0 amide bonds. The molecule has 0 radical (unpaired) electrons. The Balaban J connectivity index is 1.84. The number of nitrogens with zero attached hydrogens (tertiary/aromatic N) is 4. The Labute approximate surface area is 142 Å². The summed E-state index contributed by atoms with van der Waals surface area (Å²) < 4.78 is 21.6. The van der Waals surface area contributed by atoms with Gasteiger partial charge in [-0.15, -0.1) is 0 Å². The number of halogens is 1. The summed E-state index contributed by atoms with van der Waals surface area (Å²) in [6.07, 6.45) is 3.17. The summed E-state index contributed by atoms with van der Waals surface area (Å²) >= 11 is 0. The Kier molecular flexibility index (Phi) is 3.53. The standard InChI is InChI=1S/C18H14FN5O/c1-25-15-8-6-14(7-9-15)24-10-21-16-17(20)23(11-22-18(16)24)13-4-2-12(19)3-5-13/h2-11,20H,1H3. The molecule has 0 unspecified atom stereocenters. The van der Waals surface area contributed by atoms with Crippen LogP contribution in [-0.4, -0.2) is 26.2 Å². The number of methoxy groups -OCH3 is 1. The van der Waals surface area contributed by atoms with Gasteiger partial charge in [-0.2, -0.15) is 0 Å². The number of hydrogen-bond acceptors (Lipinski definition) is 4. The highest BCUT2D eigenvalue weighted by Gasteiger charge is 2.10. The van der Waals surface area contributed by atoms with Crippen LogP contribution in [0.3, 0.4) is 0 Å². The first-order valence-electron chi connectivity index (χ1n) is 7.57. The van der Waals surface area contributed by atoms with Gasteiger partial charge in [0, 0.05) is 11.4 Å². The lowest BCUT2D eigenvalue weighted by atomic mass is 10.3. The average Bonchev–Trinajstić information content (AvgIpc) is 3.08. The van der Waals surface area contributed by atoms with Crippen LogP contribution >= 0.6 is 0 Å². The van der Waals surface area contributed by atoms with Gasteiger partial charge in [0.25, 0.3) is 0 Å². The lowest BCUT2D eigenvalue weighted by molar-refractivity contribution is 0.415. The monoisotopic (exact) mass is 335 g/mol. The molecule has 2 aromatic heterocycles. The highest BCUT2D eigenvalue weighted by atomic mass is 19.1. The van der Waals surface area contributed by atoms with Crippen LogP contribution in [-0.2, 0) is 0 Å². The zero-order valence-corrected chi connectivity index (χ0v) is 13.3. The molecule has 2 aromatic carbocycles. The molecule has 6 nitrogen and oxygen atoms in total. The minimum atomic E-state index is -0.325. The second-order valence-electron chi connectivity index (χ2n) is 5.42. The quantitative estimate of drug-likeness (QED) is 0.626. The van der Waals surface area contributed by atoms with Gasteiger partial charge in [-0.1, -0.05) is 0 Å². The van der Waals surface area contributed by atoms with Crippen molar-refractivity contribution in [1.82, 2.24) is 19.1 Å². The zero-order valence-electron chi connectivity index (χ0n) is 13.3. The van der Waals surface area contributed by atoms with Gasteiger partial charge >= 0.3 is 0 Å². The van der Waals surface area contributed by atoms with Crippen molar-refractivity contribution in [2.24, 2.45) is 0 Å². The summed E-state index contributed by atoms with van der Waals surface area (Å²) in [4.78, 5) is 8.77. The summed E-state index contributed by atoms with van der Waals surface area (Å²) in [5.41, 5.74) is 2.74. The van der Waals surface area contributed by atoms with E-state index in [4.69, 9.17) is 10.1 Å². The molecule has 0 spiro atoms. The van der Waals surface area contributed by atoms with E-state index in [9.17, 15) is 4.39 Å². The van der Waals surface area contributed by atoms with Crippen LogP contribution in [0.4, 0.5) is 4.39 Å². The minimum absolute atomic E-state index is 0.184. The van der Waals surface area contributed by atoms with Crippen molar-refractivity contribution in [3.8, 4) is 17.1 Å². The molecule has 2 heterocycles. The molecule has 124 valence electrons. The fourth-order valence-corrected chi connectivity index (χ4v) is 2.65. The second-order valence-corrected chi connectivity index (χ2v) is 5.42. The normalized spacial score (nSPS) is 11.0. The second kappa shape index (κ2) is 5.86. The van der Waals surface area contributed by atoms with Crippen LogP contribution in [0.5, 0.6) is 5.75 Å². The van der Waals surface area contributed by atoms with Gasteiger partial charge < -0.3 is 4.74 Å². The van der Waals surface area contributed by atoms with E-state index in [1.807, 2.05) is 28.8 Å². The third-order valence-electron chi connectivity index (χ3n) is 3.96. The molecule has 0 saturated heterocycles. The molecule has 4 aromatic rings. The van der Waals surface area contributed by atoms with Crippen LogP contribution in [0.25, 0.3) is 22.5 Å². The van der Waals surface area contributed by atoms with E-state index in [1.54, 1.807) is 36.5 Å². The predicted octanol–water partition coefficient (Wildman–Crippen LogP) is 2.84. The molecule has 0 fully saturated rings. The largest absolute Gasteiger partial charge is 0.497 e. The number of nitrogens with one attached hydrogen (secondary N) is 1. The van der Waals surface area contributed by atoms with Crippen LogP contribution < -0.4 is 10.2 Å².